The Hall–Kier alpha value is -3.15. The van der Waals surface area contributed by atoms with E-state index in [0.29, 0.717) is 50.0 Å². The molecule has 258 valence electrons. The highest BCUT2D eigenvalue weighted by atomic mass is 32.2. The summed E-state index contributed by atoms with van der Waals surface area (Å²) in [6.45, 7) is 12.4. The van der Waals surface area contributed by atoms with Gasteiger partial charge in [0.1, 0.15) is 17.1 Å². The van der Waals surface area contributed by atoms with Crippen molar-refractivity contribution in [2.24, 2.45) is 11.8 Å². The second-order valence-electron chi connectivity index (χ2n) is 13.9. The van der Waals surface area contributed by atoms with Crippen LogP contribution in [0.2, 0.25) is 0 Å². The Labute approximate surface area is 279 Å². The number of benzene rings is 2. The molecule has 5 rings (SSSR count). The number of amides is 2. The minimum atomic E-state index is -4.10. The molecule has 10 nitrogen and oxygen atoms in total. The van der Waals surface area contributed by atoms with Crippen molar-refractivity contribution in [2.75, 3.05) is 32.9 Å². The molecule has 0 saturated carbocycles. The molecule has 1 N–H and O–H groups in total. The van der Waals surface area contributed by atoms with Gasteiger partial charge in [0.2, 0.25) is 5.91 Å². The minimum Gasteiger partial charge on any atom is -0.487 e. The van der Waals surface area contributed by atoms with Gasteiger partial charge in [-0.05, 0) is 94.2 Å². The van der Waals surface area contributed by atoms with Crippen molar-refractivity contribution in [3.8, 4) is 11.5 Å². The number of hydrogen-bond acceptors (Lipinski definition) is 8. The van der Waals surface area contributed by atoms with Crippen molar-refractivity contribution in [1.29, 1.82) is 0 Å². The fraction of sp³-hybridized carbons (Fsp3) is 0.611. The Bertz CT molecular complexity index is 1540. The Balaban J connectivity index is 1.19. The largest absolute Gasteiger partial charge is 0.487 e. The van der Waals surface area contributed by atoms with Gasteiger partial charge in [0.05, 0.1) is 30.3 Å². The zero-order valence-corrected chi connectivity index (χ0v) is 29.2. The SMILES string of the molecule is Cc1cc(S(=O)(=O)NC(=O)CCc2ccc3c(c2)O[C@@](C)(CCCC(C)C)[C@@H]2CC[C@@H](C)O[C@@H]32)ccc1OCC(=O)N1CCOCC1. The molecule has 2 amide bonds. The molecule has 2 fully saturated rings. The molecule has 0 radical (unpaired) electrons. The van der Waals surface area contributed by atoms with Crippen LogP contribution in [0.25, 0.3) is 0 Å². The van der Waals surface area contributed by atoms with Crippen LogP contribution in [-0.2, 0) is 35.5 Å². The van der Waals surface area contributed by atoms with Crippen LogP contribution in [0.1, 0.15) is 89.0 Å². The van der Waals surface area contributed by atoms with Gasteiger partial charge in [0.15, 0.2) is 6.61 Å². The molecule has 3 aliphatic heterocycles. The quantitative estimate of drug-likeness (QED) is 0.314. The lowest BCUT2D eigenvalue weighted by Crippen LogP contribution is -2.50. The van der Waals surface area contributed by atoms with E-state index in [1.165, 1.54) is 18.2 Å². The van der Waals surface area contributed by atoms with Gasteiger partial charge < -0.3 is 23.8 Å². The summed E-state index contributed by atoms with van der Waals surface area (Å²) in [5.74, 6) is 1.36. The van der Waals surface area contributed by atoms with Crippen LogP contribution in [-0.4, -0.2) is 69.7 Å². The maximum Gasteiger partial charge on any atom is 0.264 e. The maximum atomic E-state index is 13.1. The number of rotatable bonds is 12. The summed E-state index contributed by atoms with van der Waals surface area (Å²) in [5.41, 5.74) is 2.14. The predicted octanol–water partition coefficient (Wildman–Crippen LogP) is 5.50. The molecule has 0 spiro atoms. The van der Waals surface area contributed by atoms with Crippen LogP contribution >= 0.6 is 0 Å². The number of aryl methyl sites for hydroxylation is 2. The number of nitrogens with one attached hydrogen (secondary N) is 1. The zero-order chi connectivity index (χ0) is 33.8. The van der Waals surface area contributed by atoms with Crippen LogP contribution < -0.4 is 14.2 Å². The fourth-order valence-corrected chi connectivity index (χ4v) is 7.99. The van der Waals surface area contributed by atoms with Crippen LogP contribution in [0.5, 0.6) is 11.5 Å². The average Bonchev–Trinajstić information content (AvgIpc) is 3.02. The minimum absolute atomic E-state index is 0.00686. The van der Waals surface area contributed by atoms with Crippen molar-refractivity contribution >= 4 is 21.8 Å². The summed E-state index contributed by atoms with van der Waals surface area (Å²) in [6, 6.07) is 10.3. The predicted molar refractivity (Wildman–Crippen MR) is 178 cm³/mol. The number of fused-ring (bicyclic) bond motifs is 3. The highest BCUT2D eigenvalue weighted by molar-refractivity contribution is 7.90. The van der Waals surface area contributed by atoms with E-state index in [1.807, 2.05) is 18.2 Å². The number of carbonyl (C=O) groups excluding carboxylic acids is 2. The second kappa shape index (κ2) is 15.0. The first-order chi connectivity index (χ1) is 22.3. The number of carbonyl (C=O) groups is 2. The molecule has 2 aromatic carbocycles. The molecule has 0 bridgehead atoms. The molecule has 47 heavy (non-hydrogen) atoms. The molecule has 2 aromatic rings. The number of sulfonamides is 1. The van der Waals surface area contributed by atoms with Crippen molar-refractivity contribution < 1.29 is 37.0 Å². The summed E-state index contributed by atoms with van der Waals surface area (Å²) >= 11 is 0. The fourth-order valence-electron chi connectivity index (χ4n) is 6.89. The lowest BCUT2D eigenvalue weighted by atomic mass is 9.72. The molecule has 3 heterocycles. The molecule has 0 aromatic heterocycles. The Morgan fingerprint density at radius 1 is 1.11 bits per heavy atom. The van der Waals surface area contributed by atoms with Gasteiger partial charge >= 0.3 is 0 Å². The van der Waals surface area contributed by atoms with Crippen molar-refractivity contribution in [1.82, 2.24) is 9.62 Å². The van der Waals surface area contributed by atoms with Gasteiger partial charge in [0.25, 0.3) is 15.9 Å². The first kappa shape index (κ1) is 35.2. The Kier molecular flexibility index (Phi) is 11.2. The molecule has 11 heteroatoms. The van der Waals surface area contributed by atoms with Gasteiger partial charge in [-0.3, -0.25) is 9.59 Å². The van der Waals surface area contributed by atoms with Gasteiger partial charge in [0, 0.05) is 31.0 Å². The van der Waals surface area contributed by atoms with E-state index in [-0.39, 0.29) is 47.6 Å². The summed E-state index contributed by atoms with van der Waals surface area (Å²) in [4.78, 5) is 26.9. The van der Waals surface area contributed by atoms with Crippen LogP contribution in [0.3, 0.4) is 0 Å². The normalized spacial score (nSPS) is 24.2. The maximum absolute atomic E-state index is 13.1. The van der Waals surface area contributed by atoms with E-state index < -0.39 is 15.9 Å². The average molecular weight is 671 g/mol. The van der Waals surface area contributed by atoms with Gasteiger partial charge in [-0.15, -0.1) is 0 Å². The van der Waals surface area contributed by atoms with Crippen LogP contribution in [0.15, 0.2) is 41.3 Å². The zero-order valence-electron chi connectivity index (χ0n) is 28.4. The lowest BCUT2D eigenvalue weighted by molar-refractivity contribution is -0.152. The first-order valence-corrected chi connectivity index (χ1v) is 18.4. The van der Waals surface area contributed by atoms with E-state index >= 15 is 0 Å². The Morgan fingerprint density at radius 3 is 2.60 bits per heavy atom. The Morgan fingerprint density at radius 2 is 1.87 bits per heavy atom. The summed E-state index contributed by atoms with van der Waals surface area (Å²) < 4.78 is 52.5. The second-order valence-corrected chi connectivity index (χ2v) is 15.5. The van der Waals surface area contributed by atoms with Gasteiger partial charge in [-0.1, -0.05) is 32.4 Å². The summed E-state index contributed by atoms with van der Waals surface area (Å²) in [7, 11) is -4.10. The molecule has 0 unspecified atom stereocenters. The van der Waals surface area contributed by atoms with E-state index in [0.717, 1.165) is 49.0 Å². The van der Waals surface area contributed by atoms with E-state index in [9.17, 15) is 18.0 Å². The molecular weight excluding hydrogens is 620 g/mol. The molecule has 2 saturated heterocycles. The van der Waals surface area contributed by atoms with Crippen LogP contribution in [0.4, 0.5) is 0 Å². The third-order valence-electron chi connectivity index (χ3n) is 9.66. The highest BCUT2D eigenvalue weighted by Gasteiger charge is 2.49. The standard InChI is InChI=1S/C36H50N2O8S/c1-24(2)7-6-16-36(5)30-13-8-26(4)45-35(30)29-12-9-27(22-32(29)46-36)10-15-33(39)37-47(41,42)28-11-14-31(25(3)21-28)44-23-34(40)38-17-19-43-20-18-38/h9,11-12,14,21-22,24,26,30,35H,6-8,10,13,15-20,23H2,1-5H3,(H,37,39)/t26-,30-,35+,36+/m1/s1. The molecule has 3 aliphatic rings. The third-order valence-corrected chi connectivity index (χ3v) is 11.0. The summed E-state index contributed by atoms with van der Waals surface area (Å²) in [5, 5.41) is 0. The topological polar surface area (TPSA) is 120 Å². The number of ether oxygens (including phenoxy) is 4. The van der Waals surface area contributed by atoms with Gasteiger partial charge in [-0.25, -0.2) is 13.1 Å². The number of nitrogens with zero attached hydrogens (tertiary/aromatic N) is 1. The van der Waals surface area contributed by atoms with E-state index in [4.69, 9.17) is 18.9 Å². The highest BCUT2D eigenvalue weighted by Crippen LogP contribution is 2.52. The molecule has 4 atom stereocenters. The van der Waals surface area contributed by atoms with E-state index in [2.05, 4.69) is 32.4 Å². The van der Waals surface area contributed by atoms with Crippen molar-refractivity contribution in [3.63, 3.8) is 0 Å². The number of morpholine rings is 1. The smallest absolute Gasteiger partial charge is 0.264 e. The first-order valence-electron chi connectivity index (χ1n) is 17.0. The molecular formula is C36H50N2O8S. The van der Waals surface area contributed by atoms with Crippen molar-refractivity contribution in [3.05, 3.63) is 53.1 Å². The third kappa shape index (κ3) is 8.66. The monoisotopic (exact) mass is 670 g/mol. The van der Waals surface area contributed by atoms with Crippen LogP contribution in [0, 0.1) is 18.8 Å². The number of hydrogen-bond donors (Lipinski definition) is 1. The van der Waals surface area contributed by atoms with E-state index in [1.54, 1.807) is 11.8 Å². The molecule has 0 aliphatic carbocycles. The van der Waals surface area contributed by atoms with Gasteiger partial charge in [-0.2, -0.15) is 0 Å². The summed E-state index contributed by atoms with van der Waals surface area (Å²) in [6.07, 6.45) is 5.76. The van der Waals surface area contributed by atoms with Crippen molar-refractivity contribution in [2.45, 2.75) is 102 Å². The lowest BCUT2D eigenvalue weighted by Gasteiger charge is -2.50.